The highest BCUT2D eigenvalue weighted by molar-refractivity contribution is 5.72. The maximum Gasteiger partial charge on any atom is 0.419 e. The topological polar surface area (TPSA) is 64.4 Å². The first-order valence-electron chi connectivity index (χ1n) is 7.51. The Labute approximate surface area is 125 Å². The molecule has 5 heteroatoms. The Morgan fingerprint density at radius 2 is 2.00 bits per heavy atom. The summed E-state index contributed by atoms with van der Waals surface area (Å²) in [4.78, 5) is 14.1. The third kappa shape index (κ3) is 3.95. The van der Waals surface area contributed by atoms with E-state index in [-0.39, 0.29) is 11.8 Å². The maximum absolute atomic E-state index is 11.9. The molecule has 0 bridgehead atoms. The van der Waals surface area contributed by atoms with Gasteiger partial charge in [-0.3, -0.25) is 4.57 Å². The van der Waals surface area contributed by atoms with E-state index >= 15 is 0 Å². The van der Waals surface area contributed by atoms with Crippen LogP contribution in [0.5, 0.6) is 0 Å². The zero-order valence-corrected chi connectivity index (χ0v) is 13.1. The molecule has 0 fully saturated rings. The Balaban J connectivity index is 1.93. The molecule has 0 aliphatic heterocycles. The molecule has 0 saturated heterocycles. The van der Waals surface area contributed by atoms with Gasteiger partial charge in [-0.25, -0.2) is 4.79 Å². The van der Waals surface area contributed by atoms with Crippen molar-refractivity contribution in [3.63, 3.8) is 0 Å². The second-order valence-corrected chi connectivity index (χ2v) is 5.99. The number of fused-ring (bicyclic) bond motifs is 1. The van der Waals surface area contributed by atoms with Gasteiger partial charge < -0.3 is 15.1 Å². The van der Waals surface area contributed by atoms with Crippen molar-refractivity contribution in [2.45, 2.75) is 32.9 Å². The van der Waals surface area contributed by atoms with E-state index in [9.17, 15) is 4.79 Å². The number of nitrogens with zero attached hydrogens (tertiary/aromatic N) is 2. The molecule has 2 N–H and O–H groups in total. The predicted octanol–water partition coefficient (Wildman–Crippen LogP) is 1.90. The molecule has 1 unspecified atom stereocenters. The number of oxazole rings is 1. The molecular formula is C16H25N3O2. The van der Waals surface area contributed by atoms with Gasteiger partial charge in [-0.2, -0.15) is 0 Å². The number of nitrogens with two attached hydrogens (primary N) is 1. The Hall–Kier alpha value is -1.59. The summed E-state index contributed by atoms with van der Waals surface area (Å²) in [6, 6.07) is 7.74. The molecular weight excluding hydrogens is 266 g/mol. The Bertz CT molecular complexity index is 630. The maximum atomic E-state index is 11.9. The summed E-state index contributed by atoms with van der Waals surface area (Å²) in [6.45, 7) is 6.64. The molecule has 0 saturated carbocycles. The molecule has 2 aromatic rings. The van der Waals surface area contributed by atoms with E-state index < -0.39 is 0 Å². The molecule has 116 valence electrons. The lowest BCUT2D eigenvalue weighted by atomic mass is 10.0. The van der Waals surface area contributed by atoms with E-state index in [1.165, 1.54) is 0 Å². The fourth-order valence-electron chi connectivity index (χ4n) is 2.31. The van der Waals surface area contributed by atoms with Crippen LogP contribution in [0.3, 0.4) is 0 Å². The molecule has 0 radical (unpaired) electrons. The third-order valence-corrected chi connectivity index (χ3v) is 3.98. The van der Waals surface area contributed by atoms with Crippen LogP contribution in [-0.2, 0) is 6.54 Å². The molecule has 0 aliphatic carbocycles. The van der Waals surface area contributed by atoms with E-state index in [1.807, 2.05) is 24.3 Å². The minimum atomic E-state index is -0.288. The van der Waals surface area contributed by atoms with E-state index in [2.05, 4.69) is 25.8 Å². The minimum absolute atomic E-state index is 0.227. The summed E-state index contributed by atoms with van der Waals surface area (Å²) >= 11 is 0. The van der Waals surface area contributed by atoms with Crippen LogP contribution < -0.4 is 11.5 Å². The summed E-state index contributed by atoms with van der Waals surface area (Å²) in [5.41, 5.74) is 7.56. The number of likely N-dealkylation sites (N-methyl/N-ethyl adjacent to an activating group) is 1. The Kier molecular flexibility index (Phi) is 5.20. The molecule has 2 rings (SSSR count). The largest absolute Gasteiger partial charge is 0.419 e. The van der Waals surface area contributed by atoms with Crippen LogP contribution in [0.4, 0.5) is 0 Å². The second-order valence-electron chi connectivity index (χ2n) is 5.99. The first kappa shape index (κ1) is 15.8. The van der Waals surface area contributed by atoms with Gasteiger partial charge in [0.2, 0.25) is 0 Å². The summed E-state index contributed by atoms with van der Waals surface area (Å²) in [7, 11) is 2.06. The van der Waals surface area contributed by atoms with Crippen molar-refractivity contribution in [3.05, 3.63) is 34.8 Å². The third-order valence-electron chi connectivity index (χ3n) is 3.98. The highest BCUT2D eigenvalue weighted by atomic mass is 16.4. The summed E-state index contributed by atoms with van der Waals surface area (Å²) in [5, 5.41) is 0. The fourth-order valence-corrected chi connectivity index (χ4v) is 2.31. The van der Waals surface area contributed by atoms with Crippen molar-refractivity contribution in [1.29, 1.82) is 0 Å². The zero-order chi connectivity index (χ0) is 15.4. The van der Waals surface area contributed by atoms with Crippen LogP contribution >= 0.6 is 0 Å². The van der Waals surface area contributed by atoms with Crippen LogP contribution in [0.1, 0.15) is 20.3 Å². The van der Waals surface area contributed by atoms with Crippen LogP contribution in [0.15, 0.2) is 33.5 Å². The normalized spacial score (nSPS) is 13.4. The van der Waals surface area contributed by atoms with Gasteiger partial charge in [0.05, 0.1) is 5.52 Å². The van der Waals surface area contributed by atoms with E-state index in [4.69, 9.17) is 10.2 Å². The monoisotopic (exact) mass is 291 g/mol. The second kappa shape index (κ2) is 6.91. The highest BCUT2D eigenvalue weighted by Gasteiger charge is 2.11. The summed E-state index contributed by atoms with van der Waals surface area (Å²) in [6.07, 6.45) is 0.967. The van der Waals surface area contributed by atoms with Gasteiger partial charge in [-0.05, 0) is 38.1 Å². The molecule has 0 spiro atoms. The first-order valence-corrected chi connectivity index (χ1v) is 7.51. The van der Waals surface area contributed by atoms with Crippen LogP contribution in [0, 0.1) is 5.92 Å². The standard InChI is InChI=1S/C16H25N3O2/c1-12(2)13(17)8-9-18(3)10-11-19-14-6-4-5-7-15(14)21-16(19)20/h4-7,12-13H,8-11,17H2,1-3H3. The molecule has 1 aromatic heterocycles. The van der Waals surface area contributed by atoms with Crippen LogP contribution in [-0.4, -0.2) is 35.6 Å². The average molecular weight is 291 g/mol. The van der Waals surface area contributed by atoms with Gasteiger partial charge in [0, 0.05) is 19.1 Å². The molecule has 1 aromatic carbocycles. The fraction of sp³-hybridized carbons (Fsp3) is 0.562. The van der Waals surface area contributed by atoms with E-state index in [1.54, 1.807) is 4.57 Å². The SMILES string of the molecule is CC(C)C(N)CCN(C)CCn1c(=O)oc2ccccc21. The predicted molar refractivity (Wildman–Crippen MR) is 85.4 cm³/mol. The van der Waals surface area contributed by atoms with E-state index in [0.29, 0.717) is 18.0 Å². The number of benzene rings is 1. The van der Waals surface area contributed by atoms with Crippen molar-refractivity contribution >= 4 is 11.1 Å². The quantitative estimate of drug-likeness (QED) is 0.846. The number of hydrogen-bond donors (Lipinski definition) is 1. The number of rotatable bonds is 7. The van der Waals surface area contributed by atoms with Crippen molar-refractivity contribution in [1.82, 2.24) is 9.47 Å². The first-order chi connectivity index (χ1) is 9.99. The van der Waals surface area contributed by atoms with Crippen molar-refractivity contribution in [2.24, 2.45) is 11.7 Å². The molecule has 1 heterocycles. The summed E-state index contributed by atoms with van der Waals surface area (Å²) in [5.74, 6) is 0.210. The van der Waals surface area contributed by atoms with Gasteiger partial charge in [-0.15, -0.1) is 0 Å². The summed E-state index contributed by atoms with van der Waals surface area (Å²) < 4.78 is 6.92. The van der Waals surface area contributed by atoms with E-state index in [0.717, 1.165) is 25.0 Å². The Morgan fingerprint density at radius 3 is 2.71 bits per heavy atom. The lowest BCUT2D eigenvalue weighted by Crippen LogP contribution is -2.33. The number of para-hydroxylation sites is 2. The highest BCUT2D eigenvalue weighted by Crippen LogP contribution is 2.11. The molecule has 5 nitrogen and oxygen atoms in total. The van der Waals surface area contributed by atoms with Crippen LogP contribution in [0.25, 0.3) is 11.1 Å². The molecule has 0 aliphatic rings. The van der Waals surface area contributed by atoms with Gasteiger partial charge in [0.15, 0.2) is 5.58 Å². The molecule has 21 heavy (non-hydrogen) atoms. The van der Waals surface area contributed by atoms with Gasteiger partial charge in [0.1, 0.15) is 0 Å². The molecule has 0 amide bonds. The minimum Gasteiger partial charge on any atom is -0.408 e. The smallest absolute Gasteiger partial charge is 0.408 e. The van der Waals surface area contributed by atoms with Gasteiger partial charge in [-0.1, -0.05) is 26.0 Å². The number of aromatic nitrogens is 1. The number of hydrogen-bond acceptors (Lipinski definition) is 4. The van der Waals surface area contributed by atoms with Crippen LogP contribution in [0.2, 0.25) is 0 Å². The van der Waals surface area contributed by atoms with Gasteiger partial charge in [0.25, 0.3) is 0 Å². The van der Waals surface area contributed by atoms with Gasteiger partial charge >= 0.3 is 5.76 Å². The van der Waals surface area contributed by atoms with Crippen molar-refractivity contribution in [2.75, 3.05) is 20.1 Å². The lowest BCUT2D eigenvalue weighted by molar-refractivity contribution is 0.289. The zero-order valence-electron chi connectivity index (χ0n) is 13.1. The lowest BCUT2D eigenvalue weighted by Gasteiger charge is -2.21. The average Bonchev–Trinajstić information content (AvgIpc) is 2.77. The Morgan fingerprint density at radius 1 is 1.29 bits per heavy atom. The molecule has 1 atom stereocenters. The van der Waals surface area contributed by atoms with Crippen molar-refractivity contribution in [3.8, 4) is 0 Å². The van der Waals surface area contributed by atoms with Crippen molar-refractivity contribution < 1.29 is 4.42 Å².